The van der Waals surface area contributed by atoms with Crippen LogP contribution in [0.15, 0.2) is 24.3 Å². The first kappa shape index (κ1) is 11.3. The molecule has 2 rings (SSSR count). The van der Waals surface area contributed by atoms with Gasteiger partial charge in [0.15, 0.2) is 0 Å². The average Bonchev–Trinajstić information content (AvgIpc) is 2.33. The first-order chi connectivity index (χ1) is 7.79. The molecule has 0 bridgehead atoms. The van der Waals surface area contributed by atoms with Crippen LogP contribution >= 0.6 is 0 Å². The molecule has 86 valence electrons. The third kappa shape index (κ3) is 2.68. The summed E-state index contributed by atoms with van der Waals surface area (Å²) in [7, 11) is 0. The fourth-order valence-electron chi connectivity index (χ4n) is 2.15. The molecule has 1 saturated heterocycles. The fraction of sp³-hybridized carbons (Fsp3) is 0.462. The van der Waals surface area contributed by atoms with Gasteiger partial charge in [0, 0.05) is 18.2 Å². The first-order valence-corrected chi connectivity index (χ1v) is 5.80. The van der Waals surface area contributed by atoms with Crippen LogP contribution in [-0.4, -0.2) is 30.3 Å². The number of carbonyl (C=O) groups excluding carboxylic acids is 1. The summed E-state index contributed by atoms with van der Waals surface area (Å²) >= 11 is 0. The SMILES string of the molecule is NC1CCN(Cc2ccccc2C=O)CC1. The zero-order chi connectivity index (χ0) is 11.4. The highest BCUT2D eigenvalue weighted by atomic mass is 16.1. The van der Waals surface area contributed by atoms with E-state index in [0.717, 1.165) is 49.9 Å². The van der Waals surface area contributed by atoms with E-state index in [0.29, 0.717) is 6.04 Å². The Morgan fingerprint density at radius 1 is 1.31 bits per heavy atom. The van der Waals surface area contributed by atoms with Gasteiger partial charge in [-0.2, -0.15) is 0 Å². The molecule has 1 aliphatic rings. The van der Waals surface area contributed by atoms with E-state index in [-0.39, 0.29) is 0 Å². The molecule has 0 atom stereocenters. The van der Waals surface area contributed by atoms with Gasteiger partial charge < -0.3 is 5.73 Å². The Kier molecular flexibility index (Phi) is 3.70. The van der Waals surface area contributed by atoms with Gasteiger partial charge in [-0.25, -0.2) is 0 Å². The van der Waals surface area contributed by atoms with Crippen LogP contribution < -0.4 is 5.73 Å². The van der Waals surface area contributed by atoms with E-state index < -0.39 is 0 Å². The third-order valence-electron chi connectivity index (χ3n) is 3.21. The molecule has 3 nitrogen and oxygen atoms in total. The molecule has 16 heavy (non-hydrogen) atoms. The molecule has 1 aliphatic heterocycles. The summed E-state index contributed by atoms with van der Waals surface area (Å²) in [5.74, 6) is 0. The molecule has 0 amide bonds. The van der Waals surface area contributed by atoms with Crippen LogP contribution in [0.25, 0.3) is 0 Å². The second-order valence-electron chi connectivity index (χ2n) is 4.43. The lowest BCUT2D eigenvalue weighted by molar-refractivity contribution is 0.112. The maximum Gasteiger partial charge on any atom is 0.150 e. The van der Waals surface area contributed by atoms with Gasteiger partial charge in [-0.3, -0.25) is 9.69 Å². The number of nitrogens with zero attached hydrogens (tertiary/aromatic N) is 1. The molecule has 0 radical (unpaired) electrons. The molecular weight excluding hydrogens is 200 g/mol. The molecule has 3 heteroatoms. The van der Waals surface area contributed by atoms with Crippen molar-refractivity contribution in [1.29, 1.82) is 0 Å². The number of carbonyl (C=O) groups is 1. The van der Waals surface area contributed by atoms with Crippen LogP contribution in [0.5, 0.6) is 0 Å². The number of hydrogen-bond acceptors (Lipinski definition) is 3. The molecule has 0 aliphatic carbocycles. The summed E-state index contributed by atoms with van der Waals surface area (Å²) in [6.45, 7) is 2.93. The minimum Gasteiger partial charge on any atom is -0.328 e. The van der Waals surface area contributed by atoms with E-state index in [9.17, 15) is 4.79 Å². The van der Waals surface area contributed by atoms with Crippen molar-refractivity contribution in [3.05, 3.63) is 35.4 Å². The quantitative estimate of drug-likeness (QED) is 0.780. The van der Waals surface area contributed by atoms with Crippen LogP contribution in [0.4, 0.5) is 0 Å². The Balaban J connectivity index is 2.00. The smallest absolute Gasteiger partial charge is 0.150 e. The maximum absolute atomic E-state index is 10.9. The molecular formula is C13H18N2O. The van der Waals surface area contributed by atoms with Crippen molar-refractivity contribution < 1.29 is 4.79 Å². The lowest BCUT2D eigenvalue weighted by Gasteiger charge is -2.30. The molecule has 1 heterocycles. The van der Waals surface area contributed by atoms with E-state index in [1.54, 1.807) is 0 Å². The number of nitrogens with two attached hydrogens (primary N) is 1. The minimum absolute atomic E-state index is 0.359. The summed E-state index contributed by atoms with van der Waals surface area (Å²) in [5, 5.41) is 0. The van der Waals surface area contributed by atoms with Gasteiger partial charge in [-0.05, 0) is 31.5 Å². The van der Waals surface area contributed by atoms with E-state index in [1.807, 2.05) is 24.3 Å². The van der Waals surface area contributed by atoms with E-state index in [4.69, 9.17) is 5.73 Å². The van der Waals surface area contributed by atoms with Crippen LogP contribution in [0.3, 0.4) is 0 Å². The Morgan fingerprint density at radius 2 is 2.00 bits per heavy atom. The number of hydrogen-bond donors (Lipinski definition) is 1. The van der Waals surface area contributed by atoms with Crippen LogP contribution in [-0.2, 0) is 6.54 Å². The van der Waals surface area contributed by atoms with Gasteiger partial charge in [0.05, 0.1) is 0 Å². The predicted octanol–water partition coefficient (Wildman–Crippen LogP) is 1.42. The maximum atomic E-state index is 10.9. The highest BCUT2D eigenvalue weighted by Crippen LogP contribution is 2.14. The van der Waals surface area contributed by atoms with Crippen molar-refractivity contribution in [2.45, 2.75) is 25.4 Å². The van der Waals surface area contributed by atoms with Gasteiger partial charge in [-0.1, -0.05) is 24.3 Å². The molecule has 0 aromatic heterocycles. The normalized spacial score (nSPS) is 18.6. The van der Waals surface area contributed by atoms with Gasteiger partial charge in [0.2, 0.25) is 0 Å². The zero-order valence-electron chi connectivity index (χ0n) is 9.43. The molecule has 0 saturated carbocycles. The largest absolute Gasteiger partial charge is 0.328 e. The number of piperidine rings is 1. The van der Waals surface area contributed by atoms with Crippen molar-refractivity contribution in [2.24, 2.45) is 5.73 Å². The lowest BCUT2D eigenvalue weighted by Crippen LogP contribution is -2.39. The number of likely N-dealkylation sites (tertiary alicyclic amines) is 1. The Morgan fingerprint density at radius 3 is 2.69 bits per heavy atom. The summed E-state index contributed by atoms with van der Waals surface area (Å²) < 4.78 is 0. The first-order valence-electron chi connectivity index (χ1n) is 5.80. The van der Waals surface area contributed by atoms with Crippen LogP contribution in [0.2, 0.25) is 0 Å². The Labute approximate surface area is 96.2 Å². The van der Waals surface area contributed by atoms with Gasteiger partial charge >= 0.3 is 0 Å². The van der Waals surface area contributed by atoms with Crippen molar-refractivity contribution in [2.75, 3.05) is 13.1 Å². The van der Waals surface area contributed by atoms with E-state index >= 15 is 0 Å². The highest BCUT2D eigenvalue weighted by molar-refractivity contribution is 5.77. The number of benzene rings is 1. The Bertz CT molecular complexity index is 357. The standard InChI is InChI=1S/C13H18N2O/c14-13-5-7-15(8-6-13)9-11-3-1-2-4-12(11)10-16/h1-4,10,13H,5-9,14H2. The highest BCUT2D eigenvalue weighted by Gasteiger charge is 2.16. The Hall–Kier alpha value is -1.19. The van der Waals surface area contributed by atoms with E-state index in [2.05, 4.69) is 4.90 Å². The number of aldehydes is 1. The predicted molar refractivity (Wildman–Crippen MR) is 64.3 cm³/mol. The zero-order valence-corrected chi connectivity index (χ0v) is 9.43. The van der Waals surface area contributed by atoms with E-state index in [1.165, 1.54) is 0 Å². The van der Waals surface area contributed by atoms with Crippen molar-refractivity contribution in [3.8, 4) is 0 Å². The summed E-state index contributed by atoms with van der Waals surface area (Å²) in [6, 6.07) is 8.14. The molecule has 2 N–H and O–H groups in total. The molecule has 1 aromatic carbocycles. The van der Waals surface area contributed by atoms with Crippen molar-refractivity contribution >= 4 is 6.29 Å². The van der Waals surface area contributed by atoms with Crippen molar-refractivity contribution in [3.63, 3.8) is 0 Å². The van der Waals surface area contributed by atoms with Crippen LogP contribution in [0, 0.1) is 0 Å². The molecule has 0 unspecified atom stereocenters. The summed E-state index contributed by atoms with van der Waals surface area (Å²) in [5.41, 5.74) is 7.79. The van der Waals surface area contributed by atoms with Crippen molar-refractivity contribution in [1.82, 2.24) is 4.90 Å². The van der Waals surface area contributed by atoms with Gasteiger partial charge in [0.25, 0.3) is 0 Å². The van der Waals surface area contributed by atoms with Gasteiger partial charge in [0.1, 0.15) is 6.29 Å². The average molecular weight is 218 g/mol. The third-order valence-corrected chi connectivity index (χ3v) is 3.21. The van der Waals surface area contributed by atoms with Gasteiger partial charge in [-0.15, -0.1) is 0 Å². The lowest BCUT2D eigenvalue weighted by atomic mass is 10.0. The monoisotopic (exact) mass is 218 g/mol. The molecule has 1 aromatic rings. The minimum atomic E-state index is 0.359. The fourth-order valence-corrected chi connectivity index (χ4v) is 2.15. The molecule has 0 spiro atoms. The number of rotatable bonds is 3. The topological polar surface area (TPSA) is 46.3 Å². The molecule has 1 fully saturated rings. The van der Waals surface area contributed by atoms with Crippen LogP contribution in [0.1, 0.15) is 28.8 Å². The second-order valence-corrected chi connectivity index (χ2v) is 4.43. The summed E-state index contributed by atoms with van der Waals surface area (Å²) in [4.78, 5) is 13.2. The second kappa shape index (κ2) is 5.23. The summed E-state index contributed by atoms with van der Waals surface area (Å²) in [6.07, 6.45) is 3.05.